The number of pyridine rings is 1. The minimum atomic E-state index is -0.427. The molecule has 21 heavy (non-hydrogen) atoms. The molecule has 0 spiro atoms. The number of nitrogens with zero attached hydrogens (tertiary/aromatic N) is 1. The summed E-state index contributed by atoms with van der Waals surface area (Å²) in [5.41, 5.74) is 10.1. The highest BCUT2D eigenvalue weighted by Crippen LogP contribution is 2.27. The Morgan fingerprint density at radius 2 is 1.95 bits per heavy atom. The second-order valence-electron chi connectivity index (χ2n) is 5.33. The Balaban J connectivity index is 2.32. The van der Waals surface area contributed by atoms with E-state index in [2.05, 4.69) is 4.98 Å². The molecule has 0 saturated heterocycles. The van der Waals surface area contributed by atoms with Crippen LogP contribution in [0.25, 0.3) is 0 Å². The van der Waals surface area contributed by atoms with Crippen molar-refractivity contribution < 1.29 is 9.13 Å². The van der Waals surface area contributed by atoms with Gasteiger partial charge in [0, 0.05) is 41.0 Å². The second-order valence-corrected chi connectivity index (χ2v) is 5.33. The van der Waals surface area contributed by atoms with Crippen molar-refractivity contribution in [3.63, 3.8) is 0 Å². The Morgan fingerprint density at radius 1 is 1.24 bits per heavy atom. The molecule has 2 aromatic rings. The van der Waals surface area contributed by atoms with Crippen LogP contribution in [0.1, 0.15) is 34.0 Å². The number of aryl methyl sites for hydroxylation is 2. The van der Waals surface area contributed by atoms with Crippen LogP contribution in [0.15, 0.2) is 24.4 Å². The Labute approximate surface area is 125 Å². The molecule has 0 fully saturated rings. The summed E-state index contributed by atoms with van der Waals surface area (Å²) in [6.07, 6.45) is 2.24. The molecule has 2 rings (SSSR count). The van der Waals surface area contributed by atoms with Crippen LogP contribution >= 0.6 is 0 Å². The van der Waals surface area contributed by atoms with Gasteiger partial charge in [0.25, 0.3) is 0 Å². The van der Waals surface area contributed by atoms with Crippen LogP contribution in [-0.4, -0.2) is 12.1 Å². The van der Waals surface area contributed by atoms with Crippen LogP contribution in [0, 0.1) is 26.6 Å². The van der Waals surface area contributed by atoms with Gasteiger partial charge in [-0.1, -0.05) is 18.2 Å². The first-order valence-corrected chi connectivity index (χ1v) is 6.95. The van der Waals surface area contributed by atoms with Crippen LogP contribution in [0.2, 0.25) is 0 Å². The molecule has 0 radical (unpaired) electrons. The highest BCUT2D eigenvalue weighted by atomic mass is 19.1. The van der Waals surface area contributed by atoms with Crippen molar-refractivity contribution in [1.82, 2.24) is 4.98 Å². The summed E-state index contributed by atoms with van der Waals surface area (Å²) in [5.74, 6) is 0.582. The van der Waals surface area contributed by atoms with E-state index in [0.717, 1.165) is 22.6 Å². The number of rotatable bonds is 4. The molecule has 1 atom stereocenters. The SMILES string of the molecule is COc1c(C)cnc(CC(N)c2cccc(C)c2F)c1C. The summed E-state index contributed by atoms with van der Waals surface area (Å²) in [6, 6.07) is 4.87. The summed E-state index contributed by atoms with van der Waals surface area (Å²) in [6.45, 7) is 5.64. The Hall–Kier alpha value is -1.94. The topological polar surface area (TPSA) is 48.1 Å². The van der Waals surface area contributed by atoms with Crippen LogP contribution < -0.4 is 10.5 Å². The Bertz CT molecular complexity index is 655. The van der Waals surface area contributed by atoms with Crippen molar-refractivity contribution in [3.8, 4) is 5.75 Å². The second kappa shape index (κ2) is 6.22. The summed E-state index contributed by atoms with van der Waals surface area (Å²) in [4.78, 5) is 4.42. The molecule has 0 bridgehead atoms. The number of hydrogen-bond acceptors (Lipinski definition) is 3. The van der Waals surface area contributed by atoms with Gasteiger partial charge >= 0.3 is 0 Å². The highest BCUT2D eigenvalue weighted by molar-refractivity contribution is 5.41. The summed E-state index contributed by atoms with van der Waals surface area (Å²) in [7, 11) is 1.64. The van der Waals surface area contributed by atoms with E-state index in [1.54, 1.807) is 32.4 Å². The fourth-order valence-corrected chi connectivity index (χ4v) is 2.55. The molecular formula is C17H21FN2O. The molecule has 0 aliphatic rings. The predicted molar refractivity (Wildman–Crippen MR) is 82.0 cm³/mol. The Morgan fingerprint density at radius 3 is 2.62 bits per heavy atom. The van der Waals surface area contributed by atoms with E-state index in [1.807, 2.05) is 19.9 Å². The fraction of sp³-hybridized carbons (Fsp3) is 0.353. The fourth-order valence-electron chi connectivity index (χ4n) is 2.55. The molecule has 4 heteroatoms. The molecule has 112 valence electrons. The molecule has 1 unspecified atom stereocenters. The van der Waals surface area contributed by atoms with Crippen LogP contribution in [0.5, 0.6) is 5.75 Å². The van der Waals surface area contributed by atoms with Crippen molar-refractivity contribution in [2.24, 2.45) is 5.73 Å². The lowest BCUT2D eigenvalue weighted by molar-refractivity contribution is 0.406. The number of halogens is 1. The van der Waals surface area contributed by atoms with Crippen LogP contribution in [-0.2, 0) is 6.42 Å². The van der Waals surface area contributed by atoms with E-state index in [0.29, 0.717) is 17.5 Å². The van der Waals surface area contributed by atoms with Crippen molar-refractivity contribution >= 4 is 0 Å². The molecule has 1 aromatic carbocycles. The van der Waals surface area contributed by atoms with Gasteiger partial charge in [-0.05, 0) is 26.3 Å². The van der Waals surface area contributed by atoms with E-state index < -0.39 is 6.04 Å². The van der Waals surface area contributed by atoms with Gasteiger partial charge in [-0.3, -0.25) is 4.98 Å². The lowest BCUT2D eigenvalue weighted by Gasteiger charge is -2.17. The number of ether oxygens (including phenoxy) is 1. The average Bonchev–Trinajstić information content (AvgIpc) is 2.45. The highest BCUT2D eigenvalue weighted by Gasteiger charge is 2.17. The third kappa shape index (κ3) is 3.05. The number of nitrogens with two attached hydrogens (primary N) is 1. The molecule has 0 saturated carbocycles. The van der Waals surface area contributed by atoms with Gasteiger partial charge in [0.1, 0.15) is 11.6 Å². The minimum Gasteiger partial charge on any atom is -0.496 e. The molecule has 1 heterocycles. The van der Waals surface area contributed by atoms with E-state index in [-0.39, 0.29) is 5.82 Å². The molecule has 0 aliphatic carbocycles. The molecule has 0 aliphatic heterocycles. The van der Waals surface area contributed by atoms with Gasteiger partial charge in [0.2, 0.25) is 0 Å². The first-order valence-electron chi connectivity index (χ1n) is 6.95. The van der Waals surface area contributed by atoms with Crippen molar-refractivity contribution in [2.75, 3.05) is 7.11 Å². The molecular weight excluding hydrogens is 267 g/mol. The monoisotopic (exact) mass is 288 g/mol. The number of aromatic nitrogens is 1. The number of benzene rings is 1. The zero-order chi connectivity index (χ0) is 15.6. The zero-order valence-corrected chi connectivity index (χ0v) is 12.9. The van der Waals surface area contributed by atoms with E-state index in [1.165, 1.54) is 0 Å². The summed E-state index contributed by atoms with van der Waals surface area (Å²) < 4.78 is 19.5. The molecule has 2 N–H and O–H groups in total. The van der Waals surface area contributed by atoms with Gasteiger partial charge in [-0.25, -0.2) is 4.39 Å². The van der Waals surface area contributed by atoms with Crippen LogP contribution in [0.3, 0.4) is 0 Å². The predicted octanol–water partition coefficient (Wildman–Crippen LogP) is 3.40. The normalized spacial score (nSPS) is 12.3. The maximum absolute atomic E-state index is 14.1. The Kier molecular flexibility index (Phi) is 4.58. The molecule has 1 aromatic heterocycles. The first kappa shape index (κ1) is 15.4. The minimum absolute atomic E-state index is 0.235. The van der Waals surface area contributed by atoms with Gasteiger partial charge in [0.05, 0.1) is 7.11 Å². The zero-order valence-electron chi connectivity index (χ0n) is 12.9. The lowest BCUT2D eigenvalue weighted by atomic mass is 9.97. The van der Waals surface area contributed by atoms with Gasteiger partial charge in [0.15, 0.2) is 0 Å². The standard InChI is InChI=1S/C17H21FN2O/c1-10-6-5-7-13(16(10)18)14(19)8-15-12(3)17(21-4)11(2)9-20-15/h5-7,9,14H,8,19H2,1-4H3. The van der Waals surface area contributed by atoms with Crippen molar-refractivity contribution in [3.05, 3.63) is 58.2 Å². The maximum Gasteiger partial charge on any atom is 0.130 e. The third-order valence-corrected chi connectivity index (χ3v) is 3.78. The van der Waals surface area contributed by atoms with Gasteiger partial charge < -0.3 is 10.5 Å². The van der Waals surface area contributed by atoms with Gasteiger partial charge in [-0.15, -0.1) is 0 Å². The average molecular weight is 288 g/mol. The van der Waals surface area contributed by atoms with E-state index in [9.17, 15) is 4.39 Å². The third-order valence-electron chi connectivity index (χ3n) is 3.78. The summed E-state index contributed by atoms with van der Waals surface area (Å²) in [5, 5.41) is 0. The molecule has 3 nitrogen and oxygen atoms in total. The van der Waals surface area contributed by atoms with Gasteiger partial charge in [-0.2, -0.15) is 0 Å². The number of hydrogen-bond donors (Lipinski definition) is 1. The van der Waals surface area contributed by atoms with Crippen molar-refractivity contribution in [2.45, 2.75) is 33.2 Å². The lowest BCUT2D eigenvalue weighted by Crippen LogP contribution is -2.17. The first-order chi connectivity index (χ1) is 9.95. The van der Waals surface area contributed by atoms with Crippen LogP contribution in [0.4, 0.5) is 4.39 Å². The maximum atomic E-state index is 14.1. The number of methoxy groups -OCH3 is 1. The van der Waals surface area contributed by atoms with Crippen molar-refractivity contribution in [1.29, 1.82) is 0 Å². The quantitative estimate of drug-likeness (QED) is 0.938. The largest absolute Gasteiger partial charge is 0.496 e. The molecule has 0 amide bonds. The van der Waals surface area contributed by atoms with E-state index in [4.69, 9.17) is 10.5 Å². The smallest absolute Gasteiger partial charge is 0.130 e. The van der Waals surface area contributed by atoms with E-state index >= 15 is 0 Å². The summed E-state index contributed by atoms with van der Waals surface area (Å²) >= 11 is 0.